The van der Waals surface area contributed by atoms with Gasteiger partial charge in [-0.25, -0.2) is 4.79 Å². The smallest absolute Gasteiger partial charge is 0.461 e. The van der Waals surface area contributed by atoms with Crippen LogP contribution in [0.3, 0.4) is 0 Å². The molecule has 8 heteroatoms. The Morgan fingerprint density at radius 1 is 1.08 bits per heavy atom. The van der Waals surface area contributed by atoms with Crippen LogP contribution in [0.5, 0.6) is 0 Å². The summed E-state index contributed by atoms with van der Waals surface area (Å²) in [6.45, 7) is 1.83. The number of rotatable bonds is 6. The molecular formula is C16H23NO7. The lowest BCUT2D eigenvalue weighted by Gasteiger charge is -2.35. The van der Waals surface area contributed by atoms with Crippen molar-refractivity contribution in [3.8, 4) is 0 Å². The highest BCUT2D eigenvalue weighted by Gasteiger charge is 2.40. The van der Waals surface area contributed by atoms with Gasteiger partial charge in [0.2, 0.25) is 0 Å². The van der Waals surface area contributed by atoms with Crippen molar-refractivity contribution in [3.63, 3.8) is 0 Å². The van der Waals surface area contributed by atoms with Crippen molar-refractivity contribution >= 4 is 23.9 Å². The first-order valence-corrected chi connectivity index (χ1v) is 8.38. The molecule has 1 heterocycles. The Hall–Kier alpha value is -2.12. The predicted octanol–water partition coefficient (Wildman–Crippen LogP) is 2.25. The molecule has 1 aliphatic carbocycles. The van der Waals surface area contributed by atoms with Crippen molar-refractivity contribution < 1.29 is 33.5 Å². The van der Waals surface area contributed by atoms with Crippen LogP contribution >= 0.6 is 0 Å². The van der Waals surface area contributed by atoms with Gasteiger partial charge in [-0.05, 0) is 32.1 Å². The highest BCUT2D eigenvalue weighted by molar-refractivity contribution is 6.01. The molecule has 2 amide bonds. The molecule has 1 saturated heterocycles. The summed E-state index contributed by atoms with van der Waals surface area (Å²) in [6, 6.07) is 0. The first-order valence-electron chi connectivity index (χ1n) is 8.38. The van der Waals surface area contributed by atoms with E-state index in [0.29, 0.717) is 30.7 Å². The van der Waals surface area contributed by atoms with E-state index in [2.05, 4.69) is 0 Å². The fourth-order valence-corrected chi connectivity index (χ4v) is 2.89. The maximum absolute atomic E-state index is 12.0. The van der Waals surface area contributed by atoms with Gasteiger partial charge in [0.15, 0.2) is 0 Å². The van der Waals surface area contributed by atoms with Crippen LogP contribution in [0.25, 0.3) is 0 Å². The largest absolute Gasteiger partial charge is 0.534 e. The number of nitrogens with zero attached hydrogens (tertiary/aromatic N) is 1. The van der Waals surface area contributed by atoms with Gasteiger partial charge in [-0.3, -0.25) is 19.2 Å². The molecule has 2 fully saturated rings. The van der Waals surface area contributed by atoms with E-state index in [9.17, 15) is 19.2 Å². The first-order chi connectivity index (χ1) is 11.5. The molecule has 1 aliphatic heterocycles. The summed E-state index contributed by atoms with van der Waals surface area (Å²) in [6.07, 6.45) is 3.66. The third-order valence-electron chi connectivity index (χ3n) is 4.19. The minimum Gasteiger partial charge on any atom is -0.461 e. The zero-order valence-electron chi connectivity index (χ0n) is 13.9. The Balaban J connectivity index is 1.94. The van der Waals surface area contributed by atoms with Crippen molar-refractivity contribution in [2.24, 2.45) is 0 Å². The van der Waals surface area contributed by atoms with Crippen LogP contribution in [-0.4, -0.2) is 41.2 Å². The number of carbonyl (C=O) groups is 4. The minimum absolute atomic E-state index is 0.0197. The first kappa shape index (κ1) is 18.2. The van der Waals surface area contributed by atoms with Gasteiger partial charge in [0.05, 0.1) is 0 Å². The molecule has 1 saturated carbocycles. The molecule has 2 aliphatic rings. The second kappa shape index (κ2) is 8.12. The second-order valence-electron chi connectivity index (χ2n) is 6.18. The molecular weight excluding hydrogens is 318 g/mol. The van der Waals surface area contributed by atoms with Gasteiger partial charge < -0.3 is 9.47 Å². The lowest BCUT2D eigenvalue weighted by Crippen LogP contribution is -2.44. The van der Waals surface area contributed by atoms with Crippen molar-refractivity contribution in [3.05, 3.63) is 0 Å². The predicted molar refractivity (Wildman–Crippen MR) is 80.3 cm³/mol. The molecule has 0 aromatic carbocycles. The van der Waals surface area contributed by atoms with Crippen LogP contribution in [0.4, 0.5) is 4.79 Å². The summed E-state index contributed by atoms with van der Waals surface area (Å²) in [7, 11) is 0. The Kier molecular flexibility index (Phi) is 6.16. The highest BCUT2D eigenvalue weighted by Crippen LogP contribution is 2.33. The number of hydrogen-bond donors (Lipinski definition) is 0. The van der Waals surface area contributed by atoms with Crippen molar-refractivity contribution in [2.45, 2.75) is 70.3 Å². The average molecular weight is 341 g/mol. The molecule has 0 N–H and O–H groups in total. The summed E-state index contributed by atoms with van der Waals surface area (Å²) in [5.74, 6) is -1.47. The zero-order chi connectivity index (χ0) is 17.6. The van der Waals surface area contributed by atoms with Gasteiger partial charge in [0.25, 0.3) is 11.8 Å². The summed E-state index contributed by atoms with van der Waals surface area (Å²) in [4.78, 5) is 51.3. The van der Waals surface area contributed by atoms with Gasteiger partial charge >= 0.3 is 12.1 Å². The molecule has 24 heavy (non-hydrogen) atoms. The third-order valence-corrected chi connectivity index (χ3v) is 4.19. The lowest BCUT2D eigenvalue weighted by atomic mass is 9.85. The van der Waals surface area contributed by atoms with Crippen molar-refractivity contribution in [2.75, 3.05) is 6.61 Å². The highest BCUT2D eigenvalue weighted by atomic mass is 16.8. The number of ether oxygens (including phenoxy) is 2. The fraction of sp³-hybridized carbons (Fsp3) is 0.750. The number of carbonyl (C=O) groups excluding carboxylic acids is 4. The molecule has 8 nitrogen and oxygen atoms in total. The SMILES string of the molecule is CCCC(=O)OCC1(OC(=O)ON2C(=O)CCC2=O)CCCCC1. The Bertz CT molecular complexity index is 495. The van der Waals surface area contributed by atoms with E-state index < -0.39 is 23.6 Å². The topological polar surface area (TPSA) is 99.2 Å². The second-order valence-corrected chi connectivity index (χ2v) is 6.18. The molecule has 0 spiro atoms. The van der Waals surface area contributed by atoms with Gasteiger partial charge in [-0.2, -0.15) is 0 Å². The van der Waals surface area contributed by atoms with E-state index in [1.807, 2.05) is 6.92 Å². The van der Waals surface area contributed by atoms with E-state index >= 15 is 0 Å². The van der Waals surface area contributed by atoms with Crippen LogP contribution < -0.4 is 0 Å². The van der Waals surface area contributed by atoms with E-state index in [1.54, 1.807) is 0 Å². The summed E-state index contributed by atoms with van der Waals surface area (Å²) >= 11 is 0. The van der Waals surface area contributed by atoms with Crippen LogP contribution in [0.2, 0.25) is 0 Å². The molecule has 2 rings (SSSR count). The Labute approximate surface area is 140 Å². The van der Waals surface area contributed by atoms with E-state index in [0.717, 1.165) is 19.3 Å². The average Bonchev–Trinajstić information content (AvgIpc) is 2.86. The van der Waals surface area contributed by atoms with Crippen molar-refractivity contribution in [1.29, 1.82) is 0 Å². The number of hydroxylamine groups is 2. The number of imide groups is 1. The minimum atomic E-state index is -1.12. The number of esters is 1. The molecule has 0 atom stereocenters. The molecule has 0 unspecified atom stereocenters. The van der Waals surface area contributed by atoms with Crippen LogP contribution in [0.15, 0.2) is 0 Å². The van der Waals surface area contributed by atoms with Crippen LogP contribution in [-0.2, 0) is 28.7 Å². The maximum Gasteiger partial charge on any atom is 0.534 e. The Morgan fingerprint density at radius 2 is 1.71 bits per heavy atom. The third kappa shape index (κ3) is 4.69. The van der Waals surface area contributed by atoms with Gasteiger partial charge in [0, 0.05) is 19.3 Å². The Morgan fingerprint density at radius 3 is 2.29 bits per heavy atom. The quantitative estimate of drug-likeness (QED) is 0.539. The molecule has 0 bridgehead atoms. The number of hydrogen-bond acceptors (Lipinski definition) is 7. The number of amides is 2. The monoisotopic (exact) mass is 341 g/mol. The normalized spacial score (nSPS) is 20.0. The van der Waals surface area contributed by atoms with Crippen LogP contribution in [0, 0.1) is 0 Å². The van der Waals surface area contributed by atoms with E-state index in [4.69, 9.17) is 14.3 Å². The summed E-state index contributed by atoms with van der Waals surface area (Å²) in [5, 5.41) is 0.446. The zero-order valence-corrected chi connectivity index (χ0v) is 13.9. The summed E-state index contributed by atoms with van der Waals surface area (Å²) in [5.41, 5.74) is -0.954. The lowest BCUT2D eigenvalue weighted by molar-refractivity contribution is -0.186. The standard InChI is InChI=1S/C16H23NO7/c1-2-6-14(20)22-11-16(9-4-3-5-10-16)23-15(21)24-17-12(18)7-8-13(17)19/h2-11H2,1H3. The molecule has 0 aromatic rings. The summed E-state index contributed by atoms with van der Waals surface area (Å²) < 4.78 is 10.6. The molecule has 0 radical (unpaired) electrons. The van der Waals surface area contributed by atoms with E-state index in [1.165, 1.54) is 0 Å². The van der Waals surface area contributed by atoms with Gasteiger partial charge in [0.1, 0.15) is 12.2 Å². The van der Waals surface area contributed by atoms with Gasteiger partial charge in [-0.1, -0.05) is 18.4 Å². The maximum atomic E-state index is 12.0. The van der Waals surface area contributed by atoms with Gasteiger partial charge in [-0.15, -0.1) is 0 Å². The van der Waals surface area contributed by atoms with Crippen LogP contribution in [0.1, 0.15) is 64.7 Å². The molecule has 134 valence electrons. The van der Waals surface area contributed by atoms with E-state index in [-0.39, 0.29) is 25.4 Å². The van der Waals surface area contributed by atoms with Crippen molar-refractivity contribution in [1.82, 2.24) is 5.06 Å². The fourth-order valence-electron chi connectivity index (χ4n) is 2.89. The molecule has 0 aromatic heterocycles.